The number of hydrogen-bond donors (Lipinski definition) is 2. The summed E-state index contributed by atoms with van der Waals surface area (Å²) in [7, 11) is -3.60. The third kappa shape index (κ3) is 6.40. The van der Waals surface area contributed by atoms with Gasteiger partial charge in [0.2, 0.25) is 21.8 Å². The summed E-state index contributed by atoms with van der Waals surface area (Å²) in [4.78, 5) is 23.7. The zero-order chi connectivity index (χ0) is 23.1. The zero-order valence-corrected chi connectivity index (χ0v) is 19.5. The van der Waals surface area contributed by atoms with Crippen molar-refractivity contribution in [2.24, 2.45) is 0 Å². The first-order valence-corrected chi connectivity index (χ1v) is 12.5. The number of piperidine rings is 1. The second-order valence-corrected chi connectivity index (χ2v) is 10.1. The predicted molar refractivity (Wildman–Crippen MR) is 125 cm³/mol. The van der Waals surface area contributed by atoms with E-state index in [2.05, 4.69) is 41.8 Å². The molecule has 1 saturated heterocycles. The normalized spacial score (nSPS) is 15.3. The Balaban J connectivity index is 1.47. The van der Waals surface area contributed by atoms with Crippen molar-refractivity contribution in [3.63, 3.8) is 0 Å². The van der Waals surface area contributed by atoms with Crippen LogP contribution in [-0.2, 0) is 32.5 Å². The first kappa shape index (κ1) is 23.9. The minimum Gasteiger partial charge on any atom is -0.353 e. The van der Waals surface area contributed by atoms with Gasteiger partial charge in [-0.3, -0.25) is 9.59 Å². The Bertz CT molecular complexity index is 1030. The third-order valence-electron chi connectivity index (χ3n) is 5.70. The van der Waals surface area contributed by atoms with Gasteiger partial charge in [-0.2, -0.15) is 4.31 Å². The molecule has 0 saturated carbocycles. The van der Waals surface area contributed by atoms with Gasteiger partial charge in [0, 0.05) is 38.2 Å². The SMILES string of the molecule is CCc1ccc(CCC(=O)NC2CCN(S(=O)(=O)c3ccc(NC(C)=O)cc3)CC2)cc1. The number of hydrogen-bond acceptors (Lipinski definition) is 4. The van der Waals surface area contributed by atoms with Crippen LogP contribution in [0.4, 0.5) is 5.69 Å². The van der Waals surface area contributed by atoms with E-state index >= 15 is 0 Å². The van der Waals surface area contributed by atoms with Gasteiger partial charge in [-0.25, -0.2) is 8.42 Å². The lowest BCUT2D eigenvalue weighted by Crippen LogP contribution is -2.46. The fraction of sp³-hybridized carbons (Fsp3) is 0.417. The molecule has 2 N–H and O–H groups in total. The molecule has 0 bridgehead atoms. The summed E-state index contributed by atoms with van der Waals surface area (Å²) in [6, 6.07) is 14.5. The molecule has 1 fully saturated rings. The fourth-order valence-corrected chi connectivity index (χ4v) is 5.27. The summed E-state index contributed by atoms with van der Waals surface area (Å²) in [6.45, 7) is 4.23. The van der Waals surface area contributed by atoms with E-state index in [1.54, 1.807) is 12.1 Å². The molecule has 1 aliphatic rings. The molecule has 7 nitrogen and oxygen atoms in total. The molecule has 2 amide bonds. The first-order chi connectivity index (χ1) is 15.3. The van der Waals surface area contributed by atoms with Crippen LogP contribution in [0.25, 0.3) is 0 Å². The molecule has 3 rings (SSSR count). The molecule has 0 radical (unpaired) electrons. The molecule has 172 valence electrons. The first-order valence-electron chi connectivity index (χ1n) is 11.0. The highest BCUT2D eigenvalue weighted by atomic mass is 32.2. The van der Waals surface area contributed by atoms with Gasteiger partial charge in [0.25, 0.3) is 0 Å². The van der Waals surface area contributed by atoms with E-state index in [0.29, 0.717) is 44.5 Å². The van der Waals surface area contributed by atoms with Gasteiger partial charge >= 0.3 is 0 Å². The topological polar surface area (TPSA) is 95.6 Å². The molecular weight excluding hydrogens is 426 g/mol. The molecule has 1 heterocycles. The summed E-state index contributed by atoms with van der Waals surface area (Å²) in [6.07, 6.45) is 3.28. The van der Waals surface area contributed by atoms with E-state index in [4.69, 9.17) is 0 Å². The van der Waals surface area contributed by atoms with E-state index in [0.717, 1.165) is 12.0 Å². The lowest BCUT2D eigenvalue weighted by molar-refractivity contribution is -0.122. The van der Waals surface area contributed by atoms with E-state index in [1.165, 1.54) is 28.9 Å². The van der Waals surface area contributed by atoms with Crippen molar-refractivity contribution < 1.29 is 18.0 Å². The van der Waals surface area contributed by atoms with Crippen LogP contribution >= 0.6 is 0 Å². The smallest absolute Gasteiger partial charge is 0.243 e. The second kappa shape index (κ2) is 10.7. The van der Waals surface area contributed by atoms with Crippen molar-refractivity contribution in [1.82, 2.24) is 9.62 Å². The quantitative estimate of drug-likeness (QED) is 0.637. The second-order valence-electron chi connectivity index (χ2n) is 8.12. The van der Waals surface area contributed by atoms with Crippen LogP contribution in [0.15, 0.2) is 53.4 Å². The van der Waals surface area contributed by atoms with Crippen molar-refractivity contribution in [2.75, 3.05) is 18.4 Å². The lowest BCUT2D eigenvalue weighted by Gasteiger charge is -2.31. The van der Waals surface area contributed by atoms with Crippen LogP contribution < -0.4 is 10.6 Å². The Labute approximate surface area is 190 Å². The molecule has 2 aromatic carbocycles. The average Bonchev–Trinajstić information content (AvgIpc) is 2.78. The predicted octanol–water partition coefficient (Wildman–Crippen LogP) is 3.11. The van der Waals surface area contributed by atoms with Crippen molar-refractivity contribution in [1.29, 1.82) is 0 Å². The van der Waals surface area contributed by atoms with Crippen LogP contribution in [0.2, 0.25) is 0 Å². The highest BCUT2D eigenvalue weighted by Crippen LogP contribution is 2.22. The van der Waals surface area contributed by atoms with Crippen molar-refractivity contribution in [3.05, 3.63) is 59.7 Å². The zero-order valence-electron chi connectivity index (χ0n) is 18.6. The Kier molecular flexibility index (Phi) is 8.04. The van der Waals surface area contributed by atoms with Crippen molar-refractivity contribution in [3.8, 4) is 0 Å². The van der Waals surface area contributed by atoms with Gasteiger partial charge in [-0.05, 0) is 61.1 Å². The minimum atomic E-state index is -3.60. The summed E-state index contributed by atoms with van der Waals surface area (Å²) >= 11 is 0. The molecular formula is C24H31N3O4S. The molecule has 32 heavy (non-hydrogen) atoms. The Morgan fingerprint density at radius 2 is 1.56 bits per heavy atom. The number of benzene rings is 2. The number of anilines is 1. The molecule has 8 heteroatoms. The van der Waals surface area contributed by atoms with Gasteiger partial charge in [-0.1, -0.05) is 31.2 Å². The number of carbonyl (C=O) groups excluding carboxylic acids is 2. The molecule has 0 aliphatic carbocycles. The van der Waals surface area contributed by atoms with E-state index in [9.17, 15) is 18.0 Å². The number of amides is 2. The molecule has 1 aliphatic heterocycles. The Morgan fingerprint density at radius 3 is 2.12 bits per heavy atom. The number of nitrogens with one attached hydrogen (secondary N) is 2. The van der Waals surface area contributed by atoms with Crippen LogP contribution in [0.3, 0.4) is 0 Å². The van der Waals surface area contributed by atoms with Gasteiger partial charge in [0.05, 0.1) is 4.90 Å². The summed E-state index contributed by atoms with van der Waals surface area (Å²) < 4.78 is 27.3. The molecule has 2 aromatic rings. The van der Waals surface area contributed by atoms with Crippen molar-refractivity contribution in [2.45, 2.75) is 56.9 Å². The molecule has 0 spiro atoms. The van der Waals surface area contributed by atoms with Crippen LogP contribution in [0.1, 0.15) is 44.2 Å². The monoisotopic (exact) mass is 457 g/mol. The lowest BCUT2D eigenvalue weighted by atomic mass is 10.0. The highest BCUT2D eigenvalue weighted by Gasteiger charge is 2.29. The van der Waals surface area contributed by atoms with E-state index in [1.807, 2.05) is 0 Å². The Hall–Kier alpha value is -2.71. The fourth-order valence-electron chi connectivity index (χ4n) is 3.80. The van der Waals surface area contributed by atoms with Crippen LogP contribution in [0, 0.1) is 0 Å². The van der Waals surface area contributed by atoms with Gasteiger partial charge < -0.3 is 10.6 Å². The molecule has 0 aromatic heterocycles. The molecule has 0 unspecified atom stereocenters. The standard InChI is InChI=1S/C24H31N3O4S/c1-3-19-4-6-20(7-5-19)8-13-24(29)26-22-14-16-27(17-15-22)32(30,31)23-11-9-21(10-12-23)25-18(2)28/h4-7,9-12,22H,3,8,13-17H2,1-2H3,(H,25,28)(H,26,29). The highest BCUT2D eigenvalue weighted by molar-refractivity contribution is 7.89. The van der Waals surface area contributed by atoms with Gasteiger partial charge in [0.15, 0.2) is 0 Å². The number of sulfonamides is 1. The average molecular weight is 458 g/mol. The van der Waals surface area contributed by atoms with E-state index in [-0.39, 0.29) is 22.8 Å². The largest absolute Gasteiger partial charge is 0.353 e. The number of carbonyl (C=O) groups is 2. The van der Waals surface area contributed by atoms with Gasteiger partial charge in [0.1, 0.15) is 0 Å². The summed E-state index contributed by atoms with van der Waals surface area (Å²) in [5.41, 5.74) is 2.98. The van der Waals surface area contributed by atoms with Crippen LogP contribution in [-0.4, -0.2) is 43.7 Å². The number of aryl methyl sites for hydroxylation is 2. The number of nitrogens with zero attached hydrogens (tertiary/aromatic N) is 1. The number of rotatable bonds is 8. The molecule has 0 atom stereocenters. The van der Waals surface area contributed by atoms with E-state index < -0.39 is 10.0 Å². The third-order valence-corrected chi connectivity index (χ3v) is 7.62. The maximum Gasteiger partial charge on any atom is 0.243 e. The summed E-state index contributed by atoms with van der Waals surface area (Å²) in [5, 5.41) is 5.67. The Morgan fingerprint density at radius 1 is 0.969 bits per heavy atom. The summed E-state index contributed by atoms with van der Waals surface area (Å²) in [5.74, 6) is -0.210. The maximum absolute atomic E-state index is 12.9. The van der Waals surface area contributed by atoms with Crippen LogP contribution in [0.5, 0.6) is 0 Å². The van der Waals surface area contributed by atoms with Gasteiger partial charge in [-0.15, -0.1) is 0 Å². The minimum absolute atomic E-state index is 0.000523. The maximum atomic E-state index is 12.9. The van der Waals surface area contributed by atoms with Crippen molar-refractivity contribution >= 4 is 27.5 Å².